The zero-order valence-corrected chi connectivity index (χ0v) is 15.2. The van der Waals surface area contributed by atoms with E-state index in [1.807, 2.05) is 12.2 Å². The average molecular weight is 374 g/mol. The van der Waals surface area contributed by atoms with E-state index in [0.717, 1.165) is 42.5 Å². The van der Waals surface area contributed by atoms with Crippen LogP contribution in [0, 0.1) is 23.7 Å². The minimum atomic E-state index is -0.931. The number of anilines is 1. The predicted octanol–water partition coefficient (Wildman–Crippen LogP) is 2.58. The Morgan fingerprint density at radius 2 is 1.77 bits per heavy atom. The molecular formula is C19H22N2O4S. The van der Waals surface area contributed by atoms with Crippen LogP contribution in [0.5, 0.6) is 0 Å². The number of nitrogens with two attached hydrogens (primary N) is 1. The van der Waals surface area contributed by atoms with Gasteiger partial charge in [0, 0.05) is 4.88 Å². The maximum Gasteiger partial charge on any atom is 0.307 e. The number of primary amides is 1. The number of carbonyl (C=O) groups is 3. The van der Waals surface area contributed by atoms with E-state index in [1.165, 1.54) is 11.3 Å². The summed E-state index contributed by atoms with van der Waals surface area (Å²) in [5.41, 5.74) is 7.00. The Morgan fingerprint density at radius 1 is 1.08 bits per heavy atom. The first kappa shape index (κ1) is 17.3. The van der Waals surface area contributed by atoms with Crippen molar-refractivity contribution in [3.63, 3.8) is 0 Å². The van der Waals surface area contributed by atoms with Crippen molar-refractivity contribution in [3.05, 3.63) is 28.2 Å². The SMILES string of the molecule is NC(=O)c1c(NC(=O)[C@H]2[C@@H](C(=O)O)[C@H]3C=C[C@@H]2C3)sc2c1CCCCC2. The van der Waals surface area contributed by atoms with Gasteiger partial charge in [0.2, 0.25) is 5.91 Å². The van der Waals surface area contributed by atoms with Crippen LogP contribution in [0.2, 0.25) is 0 Å². The zero-order valence-electron chi connectivity index (χ0n) is 14.4. The standard InChI is InChI=1S/C19H22N2O4S/c20-16(22)15-11-4-2-1-3-5-12(11)26-18(15)21-17(23)13-9-6-7-10(8-9)14(13)19(24)25/h6-7,9-10,13-14H,1-5,8H2,(H2,20,22)(H,21,23)(H,24,25)/t9-,10+,13-,14+/m1/s1. The summed E-state index contributed by atoms with van der Waals surface area (Å²) in [4.78, 5) is 37.7. The van der Waals surface area contributed by atoms with Crippen LogP contribution in [0.4, 0.5) is 5.00 Å². The van der Waals surface area contributed by atoms with Crippen molar-refractivity contribution in [1.82, 2.24) is 0 Å². The molecule has 6 nitrogen and oxygen atoms in total. The molecule has 3 aliphatic carbocycles. The molecule has 1 aromatic heterocycles. The Bertz CT molecular complexity index is 813. The summed E-state index contributed by atoms with van der Waals surface area (Å²) in [7, 11) is 0. The van der Waals surface area contributed by atoms with Gasteiger partial charge in [-0.25, -0.2) is 0 Å². The van der Waals surface area contributed by atoms with Crippen molar-refractivity contribution in [2.24, 2.45) is 29.4 Å². The van der Waals surface area contributed by atoms with Gasteiger partial charge in [-0.15, -0.1) is 11.3 Å². The number of nitrogens with one attached hydrogen (secondary N) is 1. The Balaban J connectivity index is 1.63. The van der Waals surface area contributed by atoms with Crippen LogP contribution in [0.3, 0.4) is 0 Å². The molecule has 4 atom stereocenters. The third-order valence-electron chi connectivity index (χ3n) is 5.95. The molecule has 138 valence electrons. The van der Waals surface area contributed by atoms with Crippen LogP contribution in [0.25, 0.3) is 0 Å². The summed E-state index contributed by atoms with van der Waals surface area (Å²) in [6.45, 7) is 0. The van der Waals surface area contributed by atoms with E-state index in [0.29, 0.717) is 17.0 Å². The Kier molecular flexibility index (Phi) is 4.34. The molecule has 4 rings (SSSR count). The lowest BCUT2D eigenvalue weighted by atomic mass is 9.82. The van der Waals surface area contributed by atoms with Gasteiger partial charge in [0.15, 0.2) is 0 Å². The quantitative estimate of drug-likeness (QED) is 0.556. The fraction of sp³-hybridized carbons (Fsp3) is 0.526. The molecule has 0 spiro atoms. The van der Waals surface area contributed by atoms with E-state index in [4.69, 9.17) is 5.73 Å². The van der Waals surface area contributed by atoms with Gasteiger partial charge < -0.3 is 16.2 Å². The third kappa shape index (κ3) is 2.74. The van der Waals surface area contributed by atoms with Crippen LogP contribution >= 0.6 is 11.3 Å². The highest BCUT2D eigenvalue weighted by atomic mass is 32.1. The zero-order chi connectivity index (χ0) is 18.4. The van der Waals surface area contributed by atoms with Gasteiger partial charge in [-0.2, -0.15) is 0 Å². The molecule has 4 N–H and O–H groups in total. The molecule has 3 aliphatic rings. The molecule has 2 bridgehead atoms. The molecule has 0 aliphatic heterocycles. The minimum absolute atomic E-state index is 0.0454. The largest absolute Gasteiger partial charge is 0.481 e. The molecule has 26 heavy (non-hydrogen) atoms. The number of hydrogen-bond donors (Lipinski definition) is 3. The monoisotopic (exact) mass is 374 g/mol. The number of aliphatic carboxylic acids is 1. The number of thiophene rings is 1. The number of carboxylic acids is 1. The van der Waals surface area contributed by atoms with E-state index in [1.54, 1.807) is 0 Å². The first-order valence-corrected chi connectivity index (χ1v) is 9.95. The Morgan fingerprint density at radius 3 is 2.46 bits per heavy atom. The van der Waals surface area contributed by atoms with Gasteiger partial charge in [0.1, 0.15) is 5.00 Å². The molecule has 1 saturated carbocycles. The number of carbonyl (C=O) groups excluding carboxylic acids is 2. The molecule has 0 radical (unpaired) electrons. The highest BCUT2D eigenvalue weighted by Crippen LogP contribution is 2.49. The summed E-state index contributed by atoms with van der Waals surface area (Å²) < 4.78 is 0. The normalized spacial score (nSPS) is 29.2. The molecule has 1 fully saturated rings. The predicted molar refractivity (Wildman–Crippen MR) is 98.1 cm³/mol. The van der Waals surface area contributed by atoms with Crippen molar-refractivity contribution < 1.29 is 19.5 Å². The minimum Gasteiger partial charge on any atom is -0.481 e. The van der Waals surface area contributed by atoms with Gasteiger partial charge in [-0.05, 0) is 49.5 Å². The van der Waals surface area contributed by atoms with Crippen molar-refractivity contribution in [2.45, 2.75) is 38.5 Å². The van der Waals surface area contributed by atoms with Crippen LogP contribution in [0.15, 0.2) is 12.2 Å². The van der Waals surface area contributed by atoms with Gasteiger partial charge in [-0.3, -0.25) is 14.4 Å². The maximum atomic E-state index is 12.9. The van der Waals surface area contributed by atoms with Crippen LogP contribution in [0.1, 0.15) is 46.5 Å². The van der Waals surface area contributed by atoms with E-state index in [2.05, 4.69) is 5.32 Å². The van der Waals surface area contributed by atoms with E-state index >= 15 is 0 Å². The maximum absolute atomic E-state index is 12.9. The number of carboxylic acid groups (broad SMARTS) is 1. The number of rotatable bonds is 4. The molecule has 2 amide bonds. The van der Waals surface area contributed by atoms with Crippen LogP contribution < -0.4 is 11.1 Å². The topological polar surface area (TPSA) is 109 Å². The first-order chi connectivity index (χ1) is 12.5. The van der Waals surface area contributed by atoms with Crippen LogP contribution in [-0.2, 0) is 22.4 Å². The van der Waals surface area contributed by atoms with Crippen LogP contribution in [-0.4, -0.2) is 22.9 Å². The smallest absolute Gasteiger partial charge is 0.307 e. The van der Waals surface area contributed by atoms with Crippen molar-refractivity contribution >= 4 is 34.1 Å². The Hall–Kier alpha value is -2.15. The fourth-order valence-corrected chi connectivity index (χ4v) is 6.10. The van der Waals surface area contributed by atoms with E-state index in [-0.39, 0.29) is 17.7 Å². The lowest BCUT2D eigenvalue weighted by Gasteiger charge is -2.23. The van der Waals surface area contributed by atoms with E-state index < -0.39 is 23.7 Å². The molecule has 0 unspecified atom stereocenters. The van der Waals surface area contributed by atoms with Gasteiger partial charge >= 0.3 is 5.97 Å². The molecule has 0 saturated heterocycles. The van der Waals surface area contributed by atoms with Gasteiger partial charge in [0.25, 0.3) is 5.91 Å². The number of amides is 2. The second-order valence-electron chi connectivity index (χ2n) is 7.46. The number of hydrogen-bond acceptors (Lipinski definition) is 4. The lowest BCUT2D eigenvalue weighted by Crippen LogP contribution is -2.36. The van der Waals surface area contributed by atoms with Crippen molar-refractivity contribution in [2.75, 3.05) is 5.32 Å². The third-order valence-corrected chi connectivity index (χ3v) is 7.16. The van der Waals surface area contributed by atoms with Gasteiger partial charge in [0.05, 0.1) is 17.4 Å². The first-order valence-electron chi connectivity index (χ1n) is 9.13. The number of aryl methyl sites for hydroxylation is 1. The molecule has 1 heterocycles. The molecule has 7 heteroatoms. The summed E-state index contributed by atoms with van der Waals surface area (Å²) in [5.74, 6) is -3.18. The molecule has 1 aromatic rings. The van der Waals surface area contributed by atoms with Gasteiger partial charge in [-0.1, -0.05) is 18.6 Å². The van der Waals surface area contributed by atoms with Crippen molar-refractivity contribution in [3.8, 4) is 0 Å². The number of fused-ring (bicyclic) bond motifs is 3. The fourth-order valence-electron chi connectivity index (χ4n) is 4.80. The van der Waals surface area contributed by atoms with Crippen molar-refractivity contribution in [1.29, 1.82) is 0 Å². The molecular weight excluding hydrogens is 352 g/mol. The lowest BCUT2D eigenvalue weighted by molar-refractivity contribution is -0.146. The number of allylic oxidation sites excluding steroid dienone is 2. The second-order valence-corrected chi connectivity index (χ2v) is 8.57. The Labute approximate surface area is 155 Å². The van der Waals surface area contributed by atoms with E-state index in [9.17, 15) is 19.5 Å². The second kappa shape index (κ2) is 6.54. The highest BCUT2D eigenvalue weighted by molar-refractivity contribution is 7.17. The summed E-state index contributed by atoms with van der Waals surface area (Å²) in [5, 5.41) is 12.9. The summed E-state index contributed by atoms with van der Waals surface area (Å²) in [6, 6.07) is 0. The highest BCUT2D eigenvalue weighted by Gasteiger charge is 2.51. The molecule has 0 aromatic carbocycles. The summed E-state index contributed by atoms with van der Waals surface area (Å²) in [6.07, 6.45) is 9.46. The summed E-state index contributed by atoms with van der Waals surface area (Å²) >= 11 is 1.42. The average Bonchev–Trinajstić information content (AvgIpc) is 3.23.